The number of aromatic nitrogens is 3. The van der Waals surface area contributed by atoms with Crippen LogP contribution in [-0.2, 0) is 0 Å². The van der Waals surface area contributed by atoms with Gasteiger partial charge in [-0.15, -0.1) is 10.2 Å². The van der Waals surface area contributed by atoms with Gasteiger partial charge in [-0.1, -0.05) is 12.7 Å². The van der Waals surface area contributed by atoms with Crippen LogP contribution in [0.3, 0.4) is 0 Å². The zero-order valence-corrected chi connectivity index (χ0v) is 14.3. The molecule has 0 atom stereocenters. The van der Waals surface area contributed by atoms with Crippen molar-refractivity contribution < 1.29 is 19.1 Å². The van der Waals surface area contributed by atoms with E-state index in [0.717, 1.165) is 6.07 Å². The molecule has 9 heteroatoms. The quantitative estimate of drug-likeness (QED) is 0.705. The summed E-state index contributed by atoms with van der Waals surface area (Å²) in [5.41, 5.74) is -0.0832. The molecule has 0 fully saturated rings. The fraction of sp³-hybridized carbons (Fsp3) is 0. The molecule has 2 N–H and O–H groups in total. The number of nitrogens with one attached hydrogen (secondary N) is 1. The molecule has 0 aliphatic heterocycles. The molecule has 0 saturated heterocycles. The van der Waals surface area contributed by atoms with E-state index in [1.54, 1.807) is 23.0 Å². The number of hydrogen-bond donors (Lipinski definition) is 2. The number of anilines is 1. The van der Waals surface area contributed by atoms with Crippen molar-refractivity contribution in [2.75, 3.05) is 5.32 Å². The lowest BCUT2D eigenvalue weighted by Crippen LogP contribution is -2.17. The summed E-state index contributed by atoms with van der Waals surface area (Å²) in [5.74, 6) is -2.49. The maximum absolute atomic E-state index is 13.8. The van der Waals surface area contributed by atoms with Crippen LogP contribution in [0.2, 0.25) is 0 Å². The van der Waals surface area contributed by atoms with Gasteiger partial charge >= 0.3 is 5.97 Å². The van der Waals surface area contributed by atoms with Crippen molar-refractivity contribution in [3.8, 4) is 11.9 Å². The van der Waals surface area contributed by atoms with Crippen molar-refractivity contribution >= 4 is 23.6 Å². The summed E-state index contributed by atoms with van der Waals surface area (Å²) in [5, 5.41) is 28.2. The van der Waals surface area contributed by atoms with E-state index in [2.05, 4.69) is 22.1 Å². The molecule has 2 heterocycles. The summed E-state index contributed by atoms with van der Waals surface area (Å²) in [6.07, 6.45) is 4.38. The number of carboxylic acid groups (broad SMARTS) is 1. The van der Waals surface area contributed by atoms with Gasteiger partial charge in [0.1, 0.15) is 11.9 Å². The molecular formula is C19H12FN5O3. The van der Waals surface area contributed by atoms with E-state index in [-0.39, 0.29) is 16.9 Å². The normalized spacial score (nSPS) is 10.1. The molecule has 0 aliphatic rings. The third-order valence-electron chi connectivity index (χ3n) is 3.80. The lowest BCUT2D eigenvalue weighted by atomic mass is 10.1. The van der Waals surface area contributed by atoms with E-state index < -0.39 is 23.3 Å². The van der Waals surface area contributed by atoms with Gasteiger partial charge in [-0.05, 0) is 30.3 Å². The van der Waals surface area contributed by atoms with Crippen LogP contribution >= 0.6 is 0 Å². The van der Waals surface area contributed by atoms with Gasteiger partial charge < -0.3 is 15.0 Å². The minimum Gasteiger partial charge on any atom is -0.478 e. The zero-order chi connectivity index (χ0) is 20.3. The maximum atomic E-state index is 13.8. The number of carbonyl (C=O) groups is 2. The largest absolute Gasteiger partial charge is 0.478 e. The fourth-order valence-corrected chi connectivity index (χ4v) is 2.40. The van der Waals surface area contributed by atoms with Gasteiger partial charge in [-0.3, -0.25) is 4.79 Å². The Hall–Kier alpha value is -4.32. The number of nitriles is 1. The van der Waals surface area contributed by atoms with Gasteiger partial charge in [0.2, 0.25) is 0 Å². The molecule has 0 saturated carbocycles. The number of hydrogen-bond acceptors (Lipinski definition) is 5. The van der Waals surface area contributed by atoms with E-state index in [1.165, 1.54) is 24.3 Å². The van der Waals surface area contributed by atoms with Crippen molar-refractivity contribution in [1.29, 1.82) is 5.26 Å². The standard InChI is InChI=1S/C19H12FN5O3/c1-2-12-7-16(13(19(27)28)8-14(12)20)22-18(26)15-3-4-17(24-23-15)25-6-5-11(9-21)10-25/h2-8,10H,1H2,(H,22,26)(H,27,28). The molecule has 0 aliphatic carbocycles. The molecule has 0 unspecified atom stereocenters. The highest BCUT2D eigenvalue weighted by Gasteiger charge is 2.18. The first-order valence-electron chi connectivity index (χ1n) is 7.85. The molecule has 0 spiro atoms. The van der Waals surface area contributed by atoms with Crippen LogP contribution in [0.4, 0.5) is 10.1 Å². The zero-order valence-electron chi connectivity index (χ0n) is 14.3. The Balaban J connectivity index is 1.86. The number of halogens is 1. The fourth-order valence-electron chi connectivity index (χ4n) is 2.40. The summed E-state index contributed by atoms with van der Waals surface area (Å²) in [6.45, 7) is 3.45. The molecule has 28 heavy (non-hydrogen) atoms. The SMILES string of the molecule is C=Cc1cc(NC(=O)c2ccc(-n3ccc(C#N)c3)nn2)c(C(=O)O)cc1F. The number of benzene rings is 1. The van der Waals surface area contributed by atoms with Crippen molar-refractivity contribution in [3.05, 3.63) is 77.5 Å². The van der Waals surface area contributed by atoms with Crippen LogP contribution < -0.4 is 5.32 Å². The first-order chi connectivity index (χ1) is 13.4. The summed E-state index contributed by atoms with van der Waals surface area (Å²) in [6, 6.07) is 8.47. The van der Waals surface area contributed by atoms with E-state index >= 15 is 0 Å². The van der Waals surface area contributed by atoms with Crippen LogP contribution in [0.15, 0.2) is 49.3 Å². The highest BCUT2D eigenvalue weighted by atomic mass is 19.1. The Kier molecular flexibility index (Phi) is 4.95. The molecule has 3 rings (SSSR count). The lowest BCUT2D eigenvalue weighted by molar-refractivity contribution is 0.0697. The Bertz CT molecular complexity index is 1130. The molecule has 1 amide bonds. The molecule has 2 aromatic heterocycles. The number of rotatable bonds is 5. The summed E-state index contributed by atoms with van der Waals surface area (Å²) < 4.78 is 15.4. The Morgan fingerprint density at radius 3 is 2.64 bits per heavy atom. The van der Waals surface area contributed by atoms with Crippen molar-refractivity contribution in [2.24, 2.45) is 0 Å². The minimum absolute atomic E-state index is 0.0441. The third kappa shape index (κ3) is 3.61. The number of aromatic carboxylic acids is 1. The number of carbonyl (C=O) groups excluding carboxylic acids is 1. The Morgan fingerprint density at radius 2 is 2.07 bits per heavy atom. The second-order valence-corrected chi connectivity index (χ2v) is 5.58. The summed E-state index contributed by atoms with van der Waals surface area (Å²) >= 11 is 0. The monoisotopic (exact) mass is 377 g/mol. The maximum Gasteiger partial charge on any atom is 0.337 e. The smallest absolute Gasteiger partial charge is 0.337 e. The van der Waals surface area contributed by atoms with Crippen molar-refractivity contribution in [1.82, 2.24) is 14.8 Å². The van der Waals surface area contributed by atoms with Gasteiger partial charge in [0.15, 0.2) is 11.5 Å². The van der Waals surface area contributed by atoms with Gasteiger partial charge in [-0.25, -0.2) is 9.18 Å². The van der Waals surface area contributed by atoms with E-state index in [0.29, 0.717) is 11.4 Å². The Morgan fingerprint density at radius 1 is 1.29 bits per heavy atom. The minimum atomic E-state index is -1.40. The van der Waals surface area contributed by atoms with Gasteiger partial charge in [0.05, 0.1) is 16.8 Å². The molecule has 0 radical (unpaired) electrons. The molecule has 3 aromatic rings. The van der Waals surface area contributed by atoms with Crippen LogP contribution in [0.5, 0.6) is 0 Å². The first-order valence-corrected chi connectivity index (χ1v) is 7.85. The van der Waals surface area contributed by atoms with Gasteiger partial charge in [0, 0.05) is 18.0 Å². The van der Waals surface area contributed by atoms with Crippen LogP contribution in [0.1, 0.15) is 32.0 Å². The topological polar surface area (TPSA) is 121 Å². The van der Waals surface area contributed by atoms with Crippen molar-refractivity contribution in [2.45, 2.75) is 0 Å². The first kappa shape index (κ1) is 18.5. The second kappa shape index (κ2) is 7.51. The number of carboxylic acids is 1. The molecule has 1 aromatic carbocycles. The number of amides is 1. The molecule has 0 bridgehead atoms. The molecule has 8 nitrogen and oxygen atoms in total. The van der Waals surface area contributed by atoms with Crippen LogP contribution in [0.25, 0.3) is 11.9 Å². The van der Waals surface area contributed by atoms with Crippen LogP contribution in [-0.4, -0.2) is 31.7 Å². The predicted molar refractivity (Wildman–Crippen MR) is 97.5 cm³/mol. The van der Waals surface area contributed by atoms with Gasteiger partial charge in [-0.2, -0.15) is 5.26 Å². The highest BCUT2D eigenvalue weighted by molar-refractivity contribution is 6.07. The summed E-state index contributed by atoms with van der Waals surface area (Å²) in [7, 11) is 0. The van der Waals surface area contributed by atoms with E-state index in [9.17, 15) is 19.1 Å². The third-order valence-corrected chi connectivity index (χ3v) is 3.80. The van der Waals surface area contributed by atoms with Crippen LogP contribution in [0, 0.1) is 17.1 Å². The highest BCUT2D eigenvalue weighted by Crippen LogP contribution is 2.22. The molecule has 138 valence electrons. The lowest BCUT2D eigenvalue weighted by Gasteiger charge is -2.10. The average molecular weight is 377 g/mol. The number of nitrogens with zero attached hydrogens (tertiary/aromatic N) is 4. The molecular weight excluding hydrogens is 365 g/mol. The predicted octanol–water partition coefficient (Wildman–Crippen LogP) is 2.87. The average Bonchev–Trinajstić information content (AvgIpc) is 3.18. The Labute approximate surface area is 158 Å². The summed E-state index contributed by atoms with van der Waals surface area (Å²) in [4.78, 5) is 23.7. The van der Waals surface area contributed by atoms with E-state index in [4.69, 9.17) is 5.26 Å². The van der Waals surface area contributed by atoms with E-state index in [1.807, 2.05) is 6.07 Å². The second-order valence-electron chi connectivity index (χ2n) is 5.58. The van der Waals surface area contributed by atoms with Gasteiger partial charge in [0.25, 0.3) is 5.91 Å². The van der Waals surface area contributed by atoms with Crippen molar-refractivity contribution in [3.63, 3.8) is 0 Å².